The summed E-state index contributed by atoms with van der Waals surface area (Å²) in [5, 5.41) is 8.95. The Kier molecular flexibility index (Phi) is 3.30. The van der Waals surface area contributed by atoms with Crippen molar-refractivity contribution in [1.82, 2.24) is 9.55 Å². The molecular weight excluding hydrogens is 230 g/mol. The molecule has 0 aliphatic rings. The number of aromatic amines is 1. The third-order valence-electron chi connectivity index (χ3n) is 3.15. The van der Waals surface area contributed by atoms with Gasteiger partial charge in [0.2, 0.25) is 0 Å². The Bertz CT molecular complexity index is 626. The van der Waals surface area contributed by atoms with Gasteiger partial charge in [-0.2, -0.15) is 5.26 Å². The van der Waals surface area contributed by atoms with Gasteiger partial charge < -0.3 is 9.55 Å². The lowest BCUT2D eigenvalue weighted by Gasteiger charge is -2.15. The number of hydrogen-bond donors (Lipinski definition) is 1. The van der Waals surface area contributed by atoms with E-state index in [2.05, 4.69) is 29.5 Å². The Hall–Kier alpha value is -1.60. The molecule has 1 aromatic heterocycles. The molecule has 0 aliphatic carbocycles. The predicted molar refractivity (Wildman–Crippen MR) is 71.5 cm³/mol. The molecule has 0 amide bonds. The van der Waals surface area contributed by atoms with Crippen molar-refractivity contribution < 1.29 is 0 Å². The first-order valence-corrected chi connectivity index (χ1v) is 6.26. The van der Waals surface area contributed by atoms with E-state index >= 15 is 0 Å². The largest absolute Gasteiger partial charge is 0.331 e. The molecule has 88 valence electrons. The predicted octanol–water partition coefficient (Wildman–Crippen LogP) is 3.93. The second-order valence-corrected chi connectivity index (χ2v) is 4.50. The van der Waals surface area contributed by atoms with Gasteiger partial charge in [0.05, 0.1) is 22.7 Å². The van der Waals surface area contributed by atoms with Crippen LogP contribution in [0.15, 0.2) is 18.2 Å². The number of nitrogens with one attached hydrogen (secondary N) is 1. The van der Waals surface area contributed by atoms with Crippen molar-refractivity contribution in [2.45, 2.75) is 32.7 Å². The quantitative estimate of drug-likeness (QED) is 0.833. The van der Waals surface area contributed by atoms with Gasteiger partial charge in [-0.1, -0.05) is 13.8 Å². The average molecular weight is 245 g/mol. The Morgan fingerprint density at radius 3 is 2.71 bits per heavy atom. The number of fused-ring (bicyclic) bond motifs is 1. The SMILES string of the molecule is CCC(CC)n1c(=S)[nH]c2ccc(C#N)cc21. The Morgan fingerprint density at radius 1 is 1.41 bits per heavy atom. The van der Waals surface area contributed by atoms with E-state index in [1.54, 1.807) is 0 Å². The van der Waals surface area contributed by atoms with Crippen molar-refractivity contribution in [3.8, 4) is 6.07 Å². The molecule has 0 radical (unpaired) electrons. The lowest BCUT2D eigenvalue weighted by atomic mass is 10.1. The topological polar surface area (TPSA) is 44.5 Å². The Labute approximate surface area is 106 Å². The minimum Gasteiger partial charge on any atom is -0.331 e. The molecule has 0 atom stereocenters. The number of rotatable bonds is 3. The van der Waals surface area contributed by atoms with Gasteiger partial charge in [0.1, 0.15) is 0 Å². The maximum Gasteiger partial charge on any atom is 0.178 e. The molecule has 1 heterocycles. The lowest BCUT2D eigenvalue weighted by molar-refractivity contribution is 0.478. The molecule has 0 saturated heterocycles. The van der Waals surface area contributed by atoms with E-state index in [4.69, 9.17) is 17.5 Å². The highest BCUT2D eigenvalue weighted by Gasteiger charge is 2.12. The van der Waals surface area contributed by atoms with Crippen molar-refractivity contribution in [2.24, 2.45) is 0 Å². The van der Waals surface area contributed by atoms with Crippen molar-refractivity contribution in [3.05, 3.63) is 28.5 Å². The van der Waals surface area contributed by atoms with E-state index in [0.29, 0.717) is 11.6 Å². The van der Waals surface area contributed by atoms with Crippen LogP contribution in [0.1, 0.15) is 38.3 Å². The third kappa shape index (κ3) is 1.98. The normalized spacial score (nSPS) is 10.9. The van der Waals surface area contributed by atoms with Crippen molar-refractivity contribution >= 4 is 23.3 Å². The van der Waals surface area contributed by atoms with E-state index in [9.17, 15) is 0 Å². The van der Waals surface area contributed by atoms with Crippen LogP contribution < -0.4 is 0 Å². The Balaban J connectivity index is 2.73. The fourth-order valence-corrected chi connectivity index (χ4v) is 2.56. The Morgan fingerprint density at radius 2 is 2.12 bits per heavy atom. The molecule has 0 saturated carbocycles. The fourth-order valence-electron chi connectivity index (χ4n) is 2.21. The van der Waals surface area contributed by atoms with Gasteiger partial charge in [0, 0.05) is 6.04 Å². The van der Waals surface area contributed by atoms with E-state index in [-0.39, 0.29) is 0 Å². The first kappa shape index (κ1) is 11.9. The maximum atomic E-state index is 8.95. The molecule has 0 fully saturated rings. The number of nitrogens with zero attached hydrogens (tertiary/aromatic N) is 2. The number of H-pyrrole nitrogens is 1. The van der Waals surface area contributed by atoms with Crippen LogP contribution in [0, 0.1) is 16.1 Å². The molecule has 4 heteroatoms. The number of hydrogen-bond acceptors (Lipinski definition) is 2. The summed E-state index contributed by atoms with van der Waals surface area (Å²) >= 11 is 5.37. The zero-order valence-corrected chi connectivity index (χ0v) is 10.8. The average Bonchev–Trinajstić information content (AvgIpc) is 2.67. The van der Waals surface area contributed by atoms with Crippen molar-refractivity contribution in [1.29, 1.82) is 5.26 Å². The summed E-state index contributed by atoms with van der Waals surface area (Å²) in [4.78, 5) is 3.20. The van der Waals surface area contributed by atoms with Gasteiger partial charge in [-0.05, 0) is 43.3 Å². The van der Waals surface area contributed by atoms with Gasteiger partial charge in [0.15, 0.2) is 4.77 Å². The maximum absolute atomic E-state index is 8.95. The molecule has 0 aliphatic heterocycles. The number of imidazole rings is 1. The van der Waals surface area contributed by atoms with Gasteiger partial charge in [-0.3, -0.25) is 0 Å². The highest BCUT2D eigenvalue weighted by atomic mass is 32.1. The molecule has 17 heavy (non-hydrogen) atoms. The zero-order chi connectivity index (χ0) is 12.4. The summed E-state index contributed by atoms with van der Waals surface area (Å²) in [5.41, 5.74) is 2.70. The summed E-state index contributed by atoms with van der Waals surface area (Å²) in [6.07, 6.45) is 2.07. The first-order chi connectivity index (χ1) is 8.21. The smallest absolute Gasteiger partial charge is 0.178 e. The van der Waals surface area contributed by atoms with Gasteiger partial charge in [-0.25, -0.2) is 0 Å². The van der Waals surface area contributed by atoms with Gasteiger partial charge in [-0.15, -0.1) is 0 Å². The van der Waals surface area contributed by atoms with Crippen LogP contribution in [0.4, 0.5) is 0 Å². The zero-order valence-electron chi connectivity index (χ0n) is 10.0. The minimum absolute atomic E-state index is 0.394. The van der Waals surface area contributed by atoms with E-state index < -0.39 is 0 Å². The molecule has 2 aromatic rings. The number of nitriles is 1. The van der Waals surface area contributed by atoms with Gasteiger partial charge >= 0.3 is 0 Å². The van der Waals surface area contributed by atoms with Crippen LogP contribution >= 0.6 is 12.2 Å². The standard InChI is InChI=1S/C13H15N3S/c1-3-10(4-2)16-12-7-9(8-14)5-6-11(12)15-13(16)17/h5-7,10H,3-4H2,1-2H3,(H,15,17). The molecule has 0 bridgehead atoms. The van der Waals surface area contributed by atoms with Crippen LogP contribution in [0.5, 0.6) is 0 Å². The molecule has 0 spiro atoms. The third-order valence-corrected chi connectivity index (χ3v) is 3.45. The van der Waals surface area contributed by atoms with E-state index in [0.717, 1.165) is 28.6 Å². The van der Waals surface area contributed by atoms with Crippen LogP contribution in [0.2, 0.25) is 0 Å². The monoisotopic (exact) mass is 245 g/mol. The molecule has 1 aromatic carbocycles. The molecule has 1 N–H and O–H groups in total. The van der Waals surface area contributed by atoms with Crippen molar-refractivity contribution in [3.63, 3.8) is 0 Å². The van der Waals surface area contributed by atoms with Crippen LogP contribution in [-0.4, -0.2) is 9.55 Å². The summed E-state index contributed by atoms with van der Waals surface area (Å²) in [6.45, 7) is 4.31. The van der Waals surface area contributed by atoms with Crippen molar-refractivity contribution in [2.75, 3.05) is 0 Å². The molecular formula is C13H15N3S. The van der Waals surface area contributed by atoms with Crippen LogP contribution in [0.3, 0.4) is 0 Å². The van der Waals surface area contributed by atoms with Gasteiger partial charge in [0.25, 0.3) is 0 Å². The first-order valence-electron chi connectivity index (χ1n) is 5.85. The van der Waals surface area contributed by atoms with Crippen LogP contribution in [0.25, 0.3) is 11.0 Å². The fraction of sp³-hybridized carbons (Fsp3) is 0.385. The number of aromatic nitrogens is 2. The second kappa shape index (κ2) is 4.72. The van der Waals surface area contributed by atoms with E-state index in [1.165, 1.54) is 0 Å². The highest BCUT2D eigenvalue weighted by molar-refractivity contribution is 7.71. The summed E-state index contributed by atoms with van der Waals surface area (Å²) in [5.74, 6) is 0. The number of benzene rings is 1. The molecule has 3 nitrogen and oxygen atoms in total. The molecule has 0 unspecified atom stereocenters. The highest BCUT2D eigenvalue weighted by Crippen LogP contribution is 2.24. The molecule has 2 rings (SSSR count). The minimum atomic E-state index is 0.394. The van der Waals surface area contributed by atoms with Crippen LogP contribution in [-0.2, 0) is 0 Å². The second-order valence-electron chi connectivity index (χ2n) is 4.11. The summed E-state index contributed by atoms with van der Waals surface area (Å²) in [7, 11) is 0. The lowest BCUT2D eigenvalue weighted by Crippen LogP contribution is -2.06. The summed E-state index contributed by atoms with van der Waals surface area (Å²) < 4.78 is 2.87. The summed E-state index contributed by atoms with van der Waals surface area (Å²) in [6, 6.07) is 8.20. The van der Waals surface area contributed by atoms with E-state index in [1.807, 2.05) is 18.2 Å².